The minimum absolute atomic E-state index is 0.222. The zero-order chi connectivity index (χ0) is 12.0. The highest BCUT2D eigenvalue weighted by Gasteiger charge is 2.28. The molecule has 0 bridgehead atoms. The van der Waals surface area contributed by atoms with E-state index in [1.807, 2.05) is 30.3 Å². The van der Waals surface area contributed by atoms with E-state index < -0.39 is 5.97 Å². The second-order valence-electron chi connectivity index (χ2n) is 4.14. The standard InChI is InChI=1S/C14H11NO2/c15-13-9-5-2-1-4-8(9)12-10(13)6-3-7-11(12)14(16)17/h1-7,13H,15H2,(H,16,17)/t13-/m1/s1. The second kappa shape index (κ2) is 3.43. The fraction of sp³-hybridized carbons (Fsp3) is 0.0714. The number of benzene rings is 2. The molecule has 0 aliphatic heterocycles. The molecule has 0 saturated carbocycles. The average molecular weight is 225 g/mol. The van der Waals surface area contributed by atoms with Crippen LogP contribution in [0.15, 0.2) is 42.5 Å². The Morgan fingerprint density at radius 3 is 2.53 bits per heavy atom. The molecular weight excluding hydrogens is 214 g/mol. The van der Waals surface area contributed by atoms with Crippen LogP contribution < -0.4 is 5.73 Å². The molecule has 0 heterocycles. The molecule has 3 heteroatoms. The molecule has 0 saturated heterocycles. The number of carboxylic acid groups (broad SMARTS) is 1. The van der Waals surface area contributed by atoms with Gasteiger partial charge >= 0.3 is 5.97 Å². The van der Waals surface area contributed by atoms with Gasteiger partial charge in [0, 0.05) is 5.56 Å². The third kappa shape index (κ3) is 1.29. The Kier molecular flexibility index (Phi) is 2.03. The molecule has 0 fully saturated rings. The van der Waals surface area contributed by atoms with Crippen molar-refractivity contribution in [3.8, 4) is 11.1 Å². The molecule has 1 atom stereocenters. The van der Waals surface area contributed by atoms with Gasteiger partial charge in [-0.15, -0.1) is 0 Å². The molecule has 2 aromatic rings. The van der Waals surface area contributed by atoms with Crippen LogP contribution in [0.1, 0.15) is 27.5 Å². The monoisotopic (exact) mass is 225 g/mol. The van der Waals surface area contributed by atoms with Gasteiger partial charge in [0.05, 0.1) is 11.6 Å². The largest absolute Gasteiger partial charge is 0.478 e. The van der Waals surface area contributed by atoms with Crippen molar-refractivity contribution >= 4 is 5.97 Å². The van der Waals surface area contributed by atoms with Crippen LogP contribution in [0.2, 0.25) is 0 Å². The lowest BCUT2D eigenvalue weighted by Gasteiger charge is -2.06. The molecule has 0 spiro atoms. The van der Waals surface area contributed by atoms with Crippen molar-refractivity contribution in [2.24, 2.45) is 5.73 Å². The van der Waals surface area contributed by atoms with Crippen molar-refractivity contribution in [2.75, 3.05) is 0 Å². The predicted molar refractivity (Wildman–Crippen MR) is 64.9 cm³/mol. The molecule has 3 N–H and O–H groups in total. The highest BCUT2D eigenvalue weighted by molar-refractivity contribution is 5.99. The number of rotatable bonds is 1. The summed E-state index contributed by atoms with van der Waals surface area (Å²) in [6, 6.07) is 12.7. The first-order chi connectivity index (χ1) is 8.20. The third-order valence-corrected chi connectivity index (χ3v) is 3.23. The van der Waals surface area contributed by atoms with Gasteiger partial charge in [0.2, 0.25) is 0 Å². The number of fused-ring (bicyclic) bond motifs is 3. The van der Waals surface area contributed by atoms with Crippen molar-refractivity contribution < 1.29 is 9.90 Å². The van der Waals surface area contributed by atoms with Crippen LogP contribution in [-0.2, 0) is 0 Å². The third-order valence-electron chi connectivity index (χ3n) is 3.23. The molecule has 3 nitrogen and oxygen atoms in total. The van der Waals surface area contributed by atoms with Crippen LogP contribution in [0.25, 0.3) is 11.1 Å². The summed E-state index contributed by atoms with van der Waals surface area (Å²) in [7, 11) is 0. The van der Waals surface area contributed by atoms with Crippen LogP contribution in [0.5, 0.6) is 0 Å². The first-order valence-corrected chi connectivity index (χ1v) is 5.41. The molecule has 0 aromatic heterocycles. The minimum atomic E-state index is -0.911. The summed E-state index contributed by atoms with van der Waals surface area (Å²) in [6.45, 7) is 0. The SMILES string of the molecule is N[C@@H]1c2ccccc2-c2c(C(=O)O)cccc21. The Bertz CT molecular complexity index is 619. The summed E-state index contributed by atoms with van der Waals surface area (Å²) in [5.74, 6) is -0.911. The molecule has 2 aromatic carbocycles. The lowest BCUT2D eigenvalue weighted by atomic mass is 9.99. The van der Waals surface area contributed by atoms with E-state index in [1.54, 1.807) is 12.1 Å². The maximum absolute atomic E-state index is 11.2. The average Bonchev–Trinajstić information content (AvgIpc) is 2.64. The summed E-state index contributed by atoms with van der Waals surface area (Å²) in [4.78, 5) is 11.2. The molecule has 84 valence electrons. The lowest BCUT2D eigenvalue weighted by Crippen LogP contribution is -2.08. The van der Waals surface area contributed by atoms with Crippen molar-refractivity contribution in [2.45, 2.75) is 6.04 Å². The van der Waals surface area contributed by atoms with Crippen LogP contribution in [0.3, 0.4) is 0 Å². The number of hydrogen-bond acceptors (Lipinski definition) is 2. The van der Waals surface area contributed by atoms with E-state index in [1.165, 1.54) is 0 Å². The van der Waals surface area contributed by atoms with Crippen LogP contribution in [0.4, 0.5) is 0 Å². The van der Waals surface area contributed by atoms with E-state index in [9.17, 15) is 9.90 Å². The topological polar surface area (TPSA) is 63.3 Å². The summed E-state index contributed by atoms with van der Waals surface area (Å²) in [5.41, 5.74) is 10.1. The predicted octanol–water partition coefficient (Wildman–Crippen LogP) is 2.41. The van der Waals surface area contributed by atoms with E-state index >= 15 is 0 Å². The smallest absolute Gasteiger partial charge is 0.336 e. The lowest BCUT2D eigenvalue weighted by molar-refractivity contribution is 0.0697. The van der Waals surface area contributed by atoms with E-state index in [0.717, 1.165) is 22.3 Å². The van der Waals surface area contributed by atoms with E-state index in [-0.39, 0.29) is 6.04 Å². The Morgan fingerprint density at radius 2 is 1.76 bits per heavy atom. The maximum atomic E-state index is 11.2. The molecule has 17 heavy (non-hydrogen) atoms. The number of carboxylic acids is 1. The summed E-state index contributed by atoms with van der Waals surface area (Å²) in [6.07, 6.45) is 0. The zero-order valence-electron chi connectivity index (χ0n) is 9.05. The van der Waals surface area contributed by atoms with Gasteiger partial charge in [-0.05, 0) is 22.8 Å². The van der Waals surface area contributed by atoms with Crippen molar-refractivity contribution in [3.63, 3.8) is 0 Å². The van der Waals surface area contributed by atoms with Crippen molar-refractivity contribution in [1.82, 2.24) is 0 Å². The molecule has 3 rings (SSSR count). The van der Waals surface area contributed by atoms with E-state index in [2.05, 4.69) is 0 Å². The fourth-order valence-corrected chi connectivity index (χ4v) is 2.47. The summed E-state index contributed by atoms with van der Waals surface area (Å²) < 4.78 is 0. The minimum Gasteiger partial charge on any atom is -0.478 e. The fourth-order valence-electron chi connectivity index (χ4n) is 2.47. The molecular formula is C14H11NO2. The first-order valence-electron chi connectivity index (χ1n) is 5.41. The van der Waals surface area contributed by atoms with Crippen LogP contribution in [0, 0.1) is 0 Å². The number of aromatic carboxylic acids is 1. The number of carbonyl (C=O) groups is 1. The molecule has 0 radical (unpaired) electrons. The number of hydrogen-bond donors (Lipinski definition) is 2. The second-order valence-corrected chi connectivity index (χ2v) is 4.14. The van der Waals surface area contributed by atoms with E-state index in [0.29, 0.717) is 5.56 Å². The quantitative estimate of drug-likeness (QED) is 0.783. The van der Waals surface area contributed by atoms with Gasteiger partial charge in [-0.25, -0.2) is 4.79 Å². The normalized spacial score (nSPS) is 16.4. The van der Waals surface area contributed by atoms with Gasteiger partial charge in [0.25, 0.3) is 0 Å². The highest BCUT2D eigenvalue weighted by atomic mass is 16.4. The summed E-state index contributed by atoms with van der Waals surface area (Å²) >= 11 is 0. The van der Waals surface area contributed by atoms with Gasteiger partial charge in [-0.3, -0.25) is 0 Å². The Morgan fingerprint density at radius 1 is 1.06 bits per heavy atom. The zero-order valence-corrected chi connectivity index (χ0v) is 9.05. The Balaban J connectivity index is 2.38. The summed E-state index contributed by atoms with van der Waals surface area (Å²) in [5, 5.41) is 9.22. The Hall–Kier alpha value is -2.13. The maximum Gasteiger partial charge on any atom is 0.336 e. The Labute approximate surface area is 98.5 Å². The van der Waals surface area contributed by atoms with Gasteiger partial charge in [0.1, 0.15) is 0 Å². The van der Waals surface area contributed by atoms with Gasteiger partial charge in [0.15, 0.2) is 0 Å². The molecule has 1 aliphatic rings. The molecule has 1 aliphatic carbocycles. The van der Waals surface area contributed by atoms with Crippen molar-refractivity contribution in [1.29, 1.82) is 0 Å². The number of nitrogens with two attached hydrogens (primary N) is 1. The molecule has 0 amide bonds. The van der Waals surface area contributed by atoms with E-state index in [4.69, 9.17) is 5.73 Å². The van der Waals surface area contributed by atoms with Gasteiger partial charge < -0.3 is 10.8 Å². The van der Waals surface area contributed by atoms with Crippen LogP contribution >= 0.6 is 0 Å². The first kappa shape index (κ1) is 10.1. The van der Waals surface area contributed by atoms with Crippen LogP contribution in [-0.4, -0.2) is 11.1 Å². The van der Waals surface area contributed by atoms with Gasteiger partial charge in [-0.1, -0.05) is 36.4 Å². The highest BCUT2D eigenvalue weighted by Crippen LogP contribution is 2.43. The van der Waals surface area contributed by atoms with Gasteiger partial charge in [-0.2, -0.15) is 0 Å². The molecule has 0 unspecified atom stereocenters. The van der Waals surface area contributed by atoms with Crippen molar-refractivity contribution in [3.05, 3.63) is 59.2 Å².